The Balaban J connectivity index is 2.56. The first-order chi connectivity index (χ1) is 10.5. The third kappa shape index (κ3) is 7.08. The van der Waals surface area contributed by atoms with E-state index >= 15 is 0 Å². The maximum atomic E-state index is 11.7. The Hall–Kier alpha value is -1.35. The highest BCUT2D eigenvalue weighted by atomic mass is 32.2. The monoisotopic (exact) mass is 322 g/mol. The van der Waals surface area contributed by atoms with Gasteiger partial charge >= 0.3 is 0 Å². The van der Waals surface area contributed by atoms with E-state index in [0.717, 1.165) is 24.0 Å². The van der Waals surface area contributed by atoms with E-state index in [1.807, 2.05) is 38.1 Å². The summed E-state index contributed by atoms with van der Waals surface area (Å²) in [5.74, 6) is 6.50. The van der Waals surface area contributed by atoms with Crippen LogP contribution >= 0.6 is 0 Å². The molecule has 1 aromatic carbocycles. The smallest absolute Gasteiger partial charge is 0.211 e. The van der Waals surface area contributed by atoms with Crippen molar-refractivity contribution in [2.75, 3.05) is 18.8 Å². The molecule has 0 saturated heterocycles. The molecule has 0 heterocycles. The van der Waals surface area contributed by atoms with Gasteiger partial charge in [-0.2, -0.15) is 0 Å². The van der Waals surface area contributed by atoms with E-state index in [-0.39, 0.29) is 11.7 Å². The molecule has 1 aromatic rings. The summed E-state index contributed by atoms with van der Waals surface area (Å²) in [7, 11) is -3.14. The van der Waals surface area contributed by atoms with Gasteiger partial charge in [0.25, 0.3) is 0 Å². The van der Waals surface area contributed by atoms with E-state index in [2.05, 4.69) is 16.6 Å². The van der Waals surface area contributed by atoms with Crippen LogP contribution in [0, 0.1) is 11.8 Å². The van der Waals surface area contributed by atoms with E-state index in [0.29, 0.717) is 19.5 Å². The van der Waals surface area contributed by atoms with Gasteiger partial charge in [0.2, 0.25) is 10.0 Å². The van der Waals surface area contributed by atoms with E-state index in [1.54, 1.807) is 0 Å². The summed E-state index contributed by atoms with van der Waals surface area (Å²) in [6.07, 6.45) is 2.36. The lowest BCUT2D eigenvalue weighted by molar-refractivity contribution is 0.573. The average Bonchev–Trinajstić information content (AvgIpc) is 2.50. The first-order valence-corrected chi connectivity index (χ1v) is 9.40. The van der Waals surface area contributed by atoms with Crippen LogP contribution in [0.3, 0.4) is 0 Å². The minimum Gasteiger partial charge on any atom is -0.330 e. The lowest BCUT2D eigenvalue weighted by atomic mass is 10.0. The number of nitrogens with two attached hydrogens (primary N) is 1. The van der Waals surface area contributed by atoms with Crippen LogP contribution in [0.4, 0.5) is 0 Å². The first-order valence-electron chi connectivity index (χ1n) is 7.74. The van der Waals surface area contributed by atoms with Crippen LogP contribution in [0.25, 0.3) is 0 Å². The highest BCUT2D eigenvalue weighted by Crippen LogP contribution is 2.15. The minimum atomic E-state index is -3.14. The van der Waals surface area contributed by atoms with Crippen molar-refractivity contribution < 1.29 is 8.42 Å². The topological polar surface area (TPSA) is 72.2 Å². The summed E-state index contributed by atoms with van der Waals surface area (Å²) in [6, 6.07) is 7.96. The average molecular weight is 322 g/mol. The van der Waals surface area contributed by atoms with Crippen LogP contribution in [0.5, 0.6) is 0 Å². The number of unbranched alkanes of at least 4 members (excludes halogenated alkanes) is 1. The number of sulfonamides is 1. The third-order valence-electron chi connectivity index (χ3n) is 3.30. The maximum Gasteiger partial charge on any atom is 0.211 e. The van der Waals surface area contributed by atoms with E-state index < -0.39 is 10.0 Å². The molecular weight excluding hydrogens is 296 g/mol. The molecule has 0 aliphatic rings. The van der Waals surface area contributed by atoms with E-state index in [4.69, 9.17) is 5.73 Å². The molecule has 1 atom stereocenters. The number of nitrogens with one attached hydrogen (secondary N) is 1. The Bertz CT molecular complexity index is 598. The van der Waals surface area contributed by atoms with E-state index in [1.165, 1.54) is 0 Å². The van der Waals surface area contributed by atoms with Crippen molar-refractivity contribution in [2.24, 2.45) is 5.73 Å². The molecule has 1 unspecified atom stereocenters. The lowest BCUT2D eigenvalue weighted by Gasteiger charge is -2.13. The molecule has 22 heavy (non-hydrogen) atoms. The highest BCUT2D eigenvalue weighted by Gasteiger charge is 2.11. The molecule has 0 fully saturated rings. The second-order valence-electron chi connectivity index (χ2n) is 5.38. The molecule has 0 aliphatic heterocycles. The van der Waals surface area contributed by atoms with Gasteiger partial charge in [-0.15, -0.1) is 0 Å². The van der Waals surface area contributed by atoms with Gasteiger partial charge in [-0.05, 0) is 43.0 Å². The van der Waals surface area contributed by atoms with Crippen molar-refractivity contribution in [1.29, 1.82) is 0 Å². The molecule has 5 heteroatoms. The molecule has 3 N–H and O–H groups in total. The van der Waals surface area contributed by atoms with Crippen molar-refractivity contribution in [3.63, 3.8) is 0 Å². The predicted octanol–water partition coefficient (Wildman–Crippen LogP) is 2.21. The molecule has 0 spiro atoms. The first kappa shape index (κ1) is 18.7. The quantitative estimate of drug-likeness (QED) is 0.569. The summed E-state index contributed by atoms with van der Waals surface area (Å²) >= 11 is 0. The van der Waals surface area contributed by atoms with Gasteiger partial charge in [-0.25, -0.2) is 13.1 Å². The van der Waals surface area contributed by atoms with Gasteiger partial charge in [-0.3, -0.25) is 0 Å². The molecule has 1 rings (SSSR count). The van der Waals surface area contributed by atoms with Gasteiger partial charge < -0.3 is 5.73 Å². The SMILES string of the molecule is CCCS(=O)(=O)NCC(C)c1ccc(C#CCCCN)cc1. The predicted molar refractivity (Wildman–Crippen MR) is 92.1 cm³/mol. The Morgan fingerprint density at radius 1 is 1.27 bits per heavy atom. The molecule has 0 saturated carbocycles. The van der Waals surface area contributed by atoms with Crippen LogP contribution < -0.4 is 10.5 Å². The number of hydrogen-bond donors (Lipinski definition) is 2. The Morgan fingerprint density at radius 3 is 2.55 bits per heavy atom. The second-order valence-corrected chi connectivity index (χ2v) is 7.31. The molecule has 0 amide bonds. The normalized spacial score (nSPS) is 12.5. The standard InChI is InChI=1S/C17H26N2O2S/c1-3-13-22(20,21)19-14-15(2)17-10-8-16(9-11-17)7-5-4-6-12-18/h8-11,15,19H,3-4,6,12-14,18H2,1-2H3. The lowest BCUT2D eigenvalue weighted by Crippen LogP contribution is -2.29. The van der Waals surface area contributed by atoms with E-state index in [9.17, 15) is 8.42 Å². The van der Waals surface area contributed by atoms with Crippen LogP contribution in [-0.2, 0) is 10.0 Å². The number of hydrogen-bond acceptors (Lipinski definition) is 3. The zero-order valence-corrected chi connectivity index (χ0v) is 14.2. The minimum absolute atomic E-state index is 0.130. The highest BCUT2D eigenvalue weighted by molar-refractivity contribution is 7.89. The summed E-state index contributed by atoms with van der Waals surface area (Å²) < 4.78 is 26.0. The fourth-order valence-corrected chi connectivity index (χ4v) is 3.15. The van der Waals surface area contributed by atoms with Crippen LogP contribution in [0.2, 0.25) is 0 Å². The molecule has 0 radical (unpaired) electrons. The Labute approximate surface area is 134 Å². The van der Waals surface area contributed by atoms with Gasteiger partial charge in [-0.1, -0.05) is 37.8 Å². The molecule has 0 aliphatic carbocycles. The van der Waals surface area contributed by atoms with Crippen LogP contribution in [-0.4, -0.2) is 27.3 Å². The zero-order valence-electron chi connectivity index (χ0n) is 13.4. The van der Waals surface area contributed by atoms with Crippen molar-refractivity contribution in [3.05, 3.63) is 35.4 Å². The van der Waals surface area contributed by atoms with Crippen LogP contribution in [0.15, 0.2) is 24.3 Å². The van der Waals surface area contributed by atoms with Crippen molar-refractivity contribution in [3.8, 4) is 11.8 Å². The second kappa shape index (κ2) is 9.62. The number of benzene rings is 1. The largest absolute Gasteiger partial charge is 0.330 e. The summed E-state index contributed by atoms with van der Waals surface area (Å²) in [6.45, 7) is 4.95. The summed E-state index contributed by atoms with van der Waals surface area (Å²) in [5, 5.41) is 0. The molecule has 0 bridgehead atoms. The number of rotatable bonds is 8. The zero-order chi connectivity index (χ0) is 16.4. The van der Waals surface area contributed by atoms with Gasteiger partial charge in [0.15, 0.2) is 0 Å². The fraction of sp³-hybridized carbons (Fsp3) is 0.529. The summed E-state index contributed by atoms with van der Waals surface area (Å²) in [5.41, 5.74) is 7.50. The third-order valence-corrected chi connectivity index (χ3v) is 4.85. The molecule has 122 valence electrons. The van der Waals surface area contributed by atoms with Crippen molar-refractivity contribution >= 4 is 10.0 Å². The molecule has 4 nitrogen and oxygen atoms in total. The van der Waals surface area contributed by atoms with Gasteiger partial charge in [0, 0.05) is 18.5 Å². The van der Waals surface area contributed by atoms with Crippen LogP contribution in [0.1, 0.15) is 50.2 Å². The molecule has 0 aromatic heterocycles. The van der Waals surface area contributed by atoms with Gasteiger partial charge in [0.05, 0.1) is 5.75 Å². The van der Waals surface area contributed by atoms with Crippen molar-refractivity contribution in [2.45, 2.75) is 39.0 Å². The maximum absolute atomic E-state index is 11.7. The Morgan fingerprint density at radius 2 is 1.95 bits per heavy atom. The van der Waals surface area contributed by atoms with Gasteiger partial charge in [0.1, 0.15) is 0 Å². The van der Waals surface area contributed by atoms with Crippen molar-refractivity contribution in [1.82, 2.24) is 4.72 Å². The fourth-order valence-electron chi connectivity index (χ4n) is 1.96. The molecular formula is C17H26N2O2S. The summed E-state index contributed by atoms with van der Waals surface area (Å²) in [4.78, 5) is 0. The Kier molecular flexibility index (Phi) is 8.18.